The summed E-state index contributed by atoms with van der Waals surface area (Å²) in [5, 5.41) is 12.5. The van der Waals surface area contributed by atoms with Gasteiger partial charge in [0.05, 0.1) is 6.10 Å². The maximum absolute atomic E-state index is 12.9. The second-order valence-corrected chi connectivity index (χ2v) is 8.84. The molecule has 1 heterocycles. The summed E-state index contributed by atoms with van der Waals surface area (Å²) in [4.78, 5) is 49.4. The molecule has 0 spiro atoms. The Morgan fingerprint density at radius 2 is 1.61 bits per heavy atom. The molecule has 0 radical (unpaired) electrons. The summed E-state index contributed by atoms with van der Waals surface area (Å²) in [5.74, 6) is -3.07. The monoisotopic (exact) mass is 497 g/mol. The Hall–Kier alpha value is -3.92. The predicted molar refractivity (Wildman–Crippen MR) is 129 cm³/mol. The summed E-state index contributed by atoms with van der Waals surface area (Å²) in [6.07, 6.45) is -0.730. The number of hydrogen-bond donors (Lipinski definition) is 3. The predicted octanol–water partition coefficient (Wildman–Crippen LogP) is 2.28. The van der Waals surface area contributed by atoms with E-state index in [1.165, 1.54) is 0 Å². The van der Waals surface area contributed by atoms with Crippen molar-refractivity contribution in [3.8, 4) is 0 Å². The second kappa shape index (κ2) is 12.7. The van der Waals surface area contributed by atoms with Crippen molar-refractivity contribution in [1.82, 2.24) is 15.8 Å². The third-order valence-electron chi connectivity index (χ3n) is 5.63. The molecule has 0 saturated carbocycles. The average molecular weight is 498 g/mol. The number of aliphatic carboxylic acids is 1. The third kappa shape index (κ3) is 8.09. The number of carboxylic acids is 1. The molecule has 1 saturated heterocycles. The van der Waals surface area contributed by atoms with Crippen LogP contribution in [0, 0.1) is 5.92 Å². The first-order chi connectivity index (χ1) is 17.2. The van der Waals surface area contributed by atoms with Crippen molar-refractivity contribution >= 4 is 23.9 Å². The lowest BCUT2D eigenvalue weighted by atomic mass is 10.0. The number of nitrogens with one attached hydrogen (secondary N) is 2. The minimum atomic E-state index is -1.30. The van der Waals surface area contributed by atoms with E-state index in [1.807, 2.05) is 48.5 Å². The molecule has 10 nitrogen and oxygen atoms in total. The fourth-order valence-electron chi connectivity index (χ4n) is 3.62. The molecule has 36 heavy (non-hydrogen) atoms. The Balaban J connectivity index is 1.55. The zero-order valence-electron chi connectivity index (χ0n) is 20.3. The first-order valence-corrected chi connectivity index (χ1v) is 11.7. The Bertz CT molecular complexity index is 1050. The molecule has 3 rings (SSSR count). The highest BCUT2D eigenvalue weighted by molar-refractivity contribution is 5.91. The van der Waals surface area contributed by atoms with Crippen LogP contribution in [0.2, 0.25) is 0 Å². The number of aryl methyl sites for hydroxylation is 1. The minimum Gasteiger partial charge on any atom is -0.480 e. The van der Waals surface area contributed by atoms with E-state index < -0.39 is 42.6 Å². The summed E-state index contributed by atoms with van der Waals surface area (Å²) >= 11 is 0. The molecule has 2 aromatic carbocycles. The zero-order valence-corrected chi connectivity index (χ0v) is 20.3. The van der Waals surface area contributed by atoms with Crippen LogP contribution in [0.4, 0.5) is 4.79 Å². The van der Waals surface area contributed by atoms with E-state index >= 15 is 0 Å². The van der Waals surface area contributed by atoms with Crippen LogP contribution < -0.4 is 10.7 Å². The summed E-state index contributed by atoms with van der Waals surface area (Å²) < 4.78 is 10.6. The Morgan fingerprint density at radius 3 is 2.19 bits per heavy atom. The van der Waals surface area contributed by atoms with Gasteiger partial charge in [0.25, 0.3) is 11.8 Å². The van der Waals surface area contributed by atoms with Crippen LogP contribution >= 0.6 is 0 Å². The van der Waals surface area contributed by atoms with Crippen molar-refractivity contribution in [3.05, 3.63) is 71.8 Å². The van der Waals surface area contributed by atoms with Gasteiger partial charge in [-0.25, -0.2) is 9.80 Å². The molecule has 1 aliphatic rings. The Labute approximate surface area is 209 Å². The number of nitrogens with zero attached hydrogens (tertiary/aromatic N) is 1. The molecular formula is C26H31N3O7. The molecule has 10 heteroatoms. The van der Waals surface area contributed by atoms with Gasteiger partial charge in [0.1, 0.15) is 19.2 Å². The first kappa shape index (κ1) is 26.7. The molecule has 3 amide bonds. The van der Waals surface area contributed by atoms with E-state index in [1.54, 1.807) is 26.0 Å². The number of carboxylic acid groups (broad SMARTS) is 1. The molecule has 1 fully saturated rings. The highest BCUT2D eigenvalue weighted by Crippen LogP contribution is 2.28. The number of hydrazine groups is 1. The molecule has 0 aromatic heterocycles. The van der Waals surface area contributed by atoms with Gasteiger partial charge in [-0.1, -0.05) is 74.5 Å². The summed E-state index contributed by atoms with van der Waals surface area (Å²) in [6, 6.07) is 17.7. The van der Waals surface area contributed by atoms with Crippen molar-refractivity contribution in [1.29, 1.82) is 0 Å². The number of carbonyl (C=O) groups excluding carboxylic acids is 3. The first-order valence-electron chi connectivity index (χ1n) is 11.7. The molecule has 1 aliphatic heterocycles. The molecule has 3 N–H and O–H groups in total. The molecule has 192 valence electrons. The topological polar surface area (TPSA) is 138 Å². The number of benzene rings is 2. The zero-order chi connectivity index (χ0) is 26.1. The van der Waals surface area contributed by atoms with E-state index in [2.05, 4.69) is 10.7 Å². The largest absolute Gasteiger partial charge is 0.480 e. The molecule has 0 unspecified atom stereocenters. The number of carbonyl (C=O) groups is 4. The fraction of sp³-hybridized carbons (Fsp3) is 0.385. The van der Waals surface area contributed by atoms with Crippen LogP contribution in [0.15, 0.2) is 60.7 Å². The lowest BCUT2D eigenvalue weighted by Gasteiger charge is -2.26. The van der Waals surface area contributed by atoms with Crippen molar-refractivity contribution in [3.63, 3.8) is 0 Å². The molecule has 2 aromatic rings. The van der Waals surface area contributed by atoms with Crippen LogP contribution in [-0.2, 0) is 36.9 Å². The van der Waals surface area contributed by atoms with Gasteiger partial charge in [-0.05, 0) is 29.9 Å². The van der Waals surface area contributed by atoms with E-state index in [9.17, 15) is 24.3 Å². The lowest BCUT2D eigenvalue weighted by molar-refractivity contribution is -0.151. The van der Waals surface area contributed by atoms with Gasteiger partial charge in [0, 0.05) is 0 Å². The molecule has 0 bridgehead atoms. The fourth-order valence-corrected chi connectivity index (χ4v) is 3.62. The van der Waals surface area contributed by atoms with Crippen LogP contribution in [0.3, 0.4) is 0 Å². The number of alkyl carbamates (subject to hydrolysis) is 1. The number of epoxide rings is 1. The maximum atomic E-state index is 12.9. The molecule has 0 aliphatic carbocycles. The second-order valence-electron chi connectivity index (χ2n) is 8.84. The number of rotatable bonds is 11. The SMILES string of the molecule is CC(C)[C@H](NC(=O)OCc1ccccc1)C(=O)NN(CC(=O)O)C(=O)[C@H]1O[C@@H]1CCc1ccccc1. The van der Waals surface area contributed by atoms with Gasteiger partial charge in [-0.2, -0.15) is 0 Å². The van der Waals surface area contributed by atoms with Gasteiger partial charge < -0.3 is 19.9 Å². The Morgan fingerprint density at radius 1 is 1.00 bits per heavy atom. The van der Waals surface area contributed by atoms with Crippen LogP contribution in [0.1, 0.15) is 31.4 Å². The van der Waals surface area contributed by atoms with Gasteiger partial charge >= 0.3 is 12.1 Å². The average Bonchev–Trinajstić information content (AvgIpc) is 3.64. The van der Waals surface area contributed by atoms with Gasteiger partial charge in [0.15, 0.2) is 6.10 Å². The normalized spacial score (nSPS) is 17.1. The third-order valence-corrected chi connectivity index (χ3v) is 5.63. The highest BCUT2D eigenvalue weighted by Gasteiger charge is 2.47. The summed E-state index contributed by atoms with van der Waals surface area (Å²) in [7, 11) is 0. The number of ether oxygens (including phenoxy) is 2. The lowest BCUT2D eigenvalue weighted by Crippen LogP contribution is -2.57. The van der Waals surface area contributed by atoms with Crippen LogP contribution in [0.25, 0.3) is 0 Å². The van der Waals surface area contributed by atoms with Crippen molar-refractivity contribution in [2.45, 2.75) is 51.5 Å². The van der Waals surface area contributed by atoms with Crippen LogP contribution in [-0.4, -0.2) is 58.8 Å². The van der Waals surface area contributed by atoms with Crippen LogP contribution in [0.5, 0.6) is 0 Å². The highest BCUT2D eigenvalue weighted by atomic mass is 16.6. The van der Waals surface area contributed by atoms with E-state index in [-0.39, 0.29) is 18.6 Å². The summed E-state index contributed by atoms with van der Waals surface area (Å²) in [5.41, 5.74) is 4.22. The standard InChI is InChI=1S/C26H31N3O7/c1-17(2)22(27-26(34)35-16-19-11-7-4-8-12-19)24(32)28-29(15-21(30)31)25(33)23-20(36-23)14-13-18-9-5-3-6-10-18/h3-12,17,20,22-23H,13-16H2,1-2H3,(H,27,34)(H,28,32)(H,30,31)/t20-,22+,23+/m1/s1. The van der Waals surface area contributed by atoms with Crippen molar-refractivity contribution in [2.75, 3.05) is 6.54 Å². The molecular weight excluding hydrogens is 466 g/mol. The van der Waals surface area contributed by atoms with E-state index in [4.69, 9.17) is 9.47 Å². The van der Waals surface area contributed by atoms with Gasteiger partial charge in [-0.3, -0.25) is 19.8 Å². The van der Waals surface area contributed by atoms with Gasteiger partial charge in [0.2, 0.25) is 0 Å². The van der Waals surface area contributed by atoms with E-state index in [0.717, 1.165) is 16.1 Å². The quantitative estimate of drug-likeness (QED) is 0.320. The summed E-state index contributed by atoms with van der Waals surface area (Å²) in [6.45, 7) is 2.68. The van der Waals surface area contributed by atoms with Crippen molar-refractivity contribution in [2.24, 2.45) is 5.92 Å². The number of amides is 3. The smallest absolute Gasteiger partial charge is 0.408 e. The minimum absolute atomic E-state index is 0.0200. The Kier molecular flexibility index (Phi) is 9.40. The molecule has 3 atom stereocenters. The van der Waals surface area contributed by atoms with Crippen molar-refractivity contribution < 1.29 is 33.8 Å². The van der Waals surface area contributed by atoms with Gasteiger partial charge in [-0.15, -0.1) is 0 Å². The number of hydrogen-bond acceptors (Lipinski definition) is 6. The maximum Gasteiger partial charge on any atom is 0.408 e. The van der Waals surface area contributed by atoms with E-state index in [0.29, 0.717) is 12.8 Å².